The van der Waals surface area contributed by atoms with Gasteiger partial charge < -0.3 is 10.6 Å². The molecule has 2 unspecified atom stereocenters. The molecule has 0 aromatic carbocycles. The van der Waals surface area contributed by atoms with Crippen LogP contribution in [0.5, 0.6) is 0 Å². The Bertz CT molecular complexity index is 497. The van der Waals surface area contributed by atoms with Crippen LogP contribution in [-0.2, 0) is 6.42 Å². The van der Waals surface area contributed by atoms with Gasteiger partial charge in [-0.25, -0.2) is 0 Å². The fourth-order valence-corrected chi connectivity index (χ4v) is 4.23. The molecule has 1 fully saturated rings. The van der Waals surface area contributed by atoms with E-state index in [1.807, 2.05) is 11.3 Å². The third kappa shape index (κ3) is 5.81. The van der Waals surface area contributed by atoms with Gasteiger partial charge in [0.05, 0.1) is 6.54 Å². The highest BCUT2D eigenvalue weighted by Crippen LogP contribution is 2.17. The van der Waals surface area contributed by atoms with Crippen LogP contribution >= 0.6 is 11.3 Å². The van der Waals surface area contributed by atoms with Gasteiger partial charge in [0.15, 0.2) is 5.96 Å². The second-order valence-electron chi connectivity index (χ2n) is 6.41. The quantitative estimate of drug-likeness (QED) is 0.594. The number of thiophene rings is 1. The van der Waals surface area contributed by atoms with Gasteiger partial charge in [-0.15, -0.1) is 11.3 Å². The van der Waals surface area contributed by atoms with Crippen molar-refractivity contribution in [1.82, 2.24) is 15.5 Å². The Hall–Kier alpha value is -1.07. The molecular formula is C18H32N4S. The summed E-state index contributed by atoms with van der Waals surface area (Å²) in [5.41, 5.74) is 0. The average molecular weight is 337 g/mol. The van der Waals surface area contributed by atoms with Crippen LogP contribution in [0.25, 0.3) is 0 Å². The van der Waals surface area contributed by atoms with Crippen LogP contribution in [0.3, 0.4) is 0 Å². The Balaban J connectivity index is 1.87. The smallest absolute Gasteiger partial charge is 0.191 e. The molecule has 2 atom stereocenters. The van der Waals surface area contributed by atoms with Gasteiger partial charge >= 0.3 is 0 Å². The summed E-state index contributed by atoms with van der Waals surface area (Å²) in [4.78, 5) is 10.2. The standard InChI is InChI=1S/C18H32N4S/c1-5-19-18(20-13-16-8-7-11-22(16)6-2)21-14(3)12-17-10-9-15(4)23-17/h9-10,14,16H,5-8,11-13H2,1-4H3,(H2,19,20,21). The molecule has 0 spiro atoms. The Morgan fingerprint density at radius 3 is 2.91 bits per heavy atom. The summed E-state index contributed by atoms with van der Waals surface area (Å²) in [7, 11) is 0. The van der Waals surface area contributed by atoms with Crippen molar-refractivity contribution >= 4 is 17.3 Å². The molecule has 0 aliphatic carbocycles. The van der Waals surface area contributed by atoms with Crippen LogP contribution in [0.15, 0.2) is 17.1 Å². The number of likely N-dealkylation sites (tertiary alicyclic amines) is 1. The molecule has 1 aliphatic rings. The molecule has 2 rings (SSSR count). The van der Waals surface area contributed by atoms with Crippen LogP contribution in [0.1, 0.15) is 43.4 Å². The van der Waals surface area contributed by atoms with Crippen LogP contribution in [0.2, 0.25) is 0 Å². The maximum atomic E-state index is 4.84. The number of guanidine groups is 1. The summed E-state index contributed by atoms with van der Waals surface area (Å²) in [5, 5.41) is 6.94. The lowest BCUT2D eigenvalue weighted by atomic mass is 10.2. The first-order chi connectivity index (χ1) is 11.1. The van der Waals surface area contributed by atoms with Crippen LogP contribution in [-0.4, -0.2) is 49.1 Å². The van der Waals surface area contributed by atoms with Gasteiger partial charge in [0.1, 0.15) is 0 Å². The maximum absolute atomic E-state index is 4.84. The molecule has 2 heterocycles. The number of aliphatic imine (C=N–C) groups is 1. The van der Waals surface area contributed by atoms with Crippen LogP contribution in [0, 0.1) is 6.92 Å². The van der Waals surface area contributed by atoms with E-state index in [1.165, 1.54) is 29.1 Å². The topological polar surface area (TPSA) is 39.7 Å². The van der Waals surface area contributed by atoms with E-state index in [2.05, 4.69) is 55.4 Å². The van der Waals surface area contributed by atoms with Gasteiger partial charge in [-0.1, -0.05) is 6.92 Å². The minimum absolute atomic E-state index is 0.386. The molecule has 1 aromatic rings. The molecule has 1 saturated heterocycles. The lowest BCUT2D eigenvalue weighted by Gasteiger charge is -2.22. The predicted octanol–water partition coefficient (Wildman–Crippen LogP) is 3.03. The van der Waals surface area contributed by atoms with Gasteiger partial charge in [-0.3, -0.25) is 9.89 Å². The number of hydrogen-bond donors (Lipinski definition) is 2. The molecule has 1 aromatic heterocycles. The molecular weight excluding hydrogens is 304 g/mol. The third-order valence-electron chi connectivity index (χ3n) is 4.40. The van der Waals surface area contributed by atoms with Crippen molar-refractivity contribution < 1.29 is 0 Å². The maximum Gasteiger partial charge on any atom is 0.191 e. The molecule has 0 bridgehead atoms. The van der Waals surface area contributed by atoms with Gasteiger partial charge in [0, 0.05) is 34.8 Å². The van der Waals surface area contributed by atoms with Crippen LogP contribution in [0.4, 0.5) is 0 Å². The number of likely N-dealkylation sites (N-methyl/N-ethyl adjacent to an activating group) is 1. The van der Waals surface area contributed by atoms with E-state index in [0.29, 0.717) is 12.1 Å². The lowest BCUT2D eigenvalue weighted by Crippen LogP contribution is -2.44. The van der Waals surface area contributed by atoms with Crippen molar-refractivity contribution in [3.05, 3.63) is 21.9 Å². The zero-order valence-electron chi connectivity index (χ0n) is 15.1. The minimum Gasteiger partial charge on any atom is -0.357 e. The second kappa shape index (κ2) is 9.28. The van der Waals surface area contributed by atoms with Crippen molar-refractivity contribution in [3.8, 4) is 0 Å². The summed E-state index contributed by atoms with van der Waals surface area (Å²) in [5.74, 6) is 0.955. The van der Waals surface area contributed by atoms with Gasteiger partial charge in [0.2, 0.25) is 0 Å². The number of nitrogens with zero attached hydrogens (tertiary/aromatic N) is 2. The molecule has 0 saturated carbocycles. The molecule has 1 aliphatic heterocycles. The largest absolute Gasteiger partial charge is 0.357 e. The van der Waals surface area contributed by atoms with E-state index >= 15 is 0 Å². The van der Waals surface area contributed by atoms with Gasteiger partial charge in [-0.2, -0.15) is 0 Å². The summed E-state index contributed by atoms with van der Waals surface area (Å²) < 4.78 is 0. The van der Waals surface area contributed by atoms with E-state index in [-0.39, 0.29) is 0 Å². The first-order valence-electron chi connectivity index (χ1n) is 8.96. The van der Waals surface area contributed by atoms with Crippen molar-refractivity contribution in [2.75, 3.05) is 26.2 Å². The molecule has 0 radical (unpaired) electrons. The first-order valence-corrected chi connectivity index (χ1v) is 9.78. The number of rotatable bonds is 7. The summed E-state index contributed by atoms with van der Waals surface area (Å²) in [6.07, 6.45) is 3.64. The lowest BCUT2D eigenvalue weighted by molar-refractivity contribution is 0.273. The van der Waals surface area contributed by atoms with E-state index < -0.39 is 0 Å². The van der Waals surface area contributed by atoms with E-state index in [4.69, 9.17) is 4.99 Å². The Morgan fingerprint density at radius 1 is 1.43 bits per heavy atom. The van der Waals surface area contributed by atoms with Crippen molar-refractivity contribution in [3.63, 3.8) is 0 Å². The molecule has 5 heteroatoms. The number of hydrogen-bond acceptors (Lipinski definition) is 3. The van der Waals surface area contributed by atoms with E-state index in [9.17, 15) is 0 Å². The highest BCUT2D eigenvalue weighted by atomic mass is 32.1. The summed E-state index contributed by atoms with van der Waals surface area (Å²) in [6.45, 7) is 12.9. The van der Waals surface area contributed by atoms with Crippen molar-refractivity contribution in [1.29, 1.82) is 0 Å². The monoisotopic (exact) mass is 336 g/mol. The fraction of sp³-hybridized carbons (Fsp3) is 0.722. The Labute approximate surface area is 145 Å². The Kier molecular flexibility index (Phi) is 7.37. The predicted molar refractivity (Wildman–Crippen MR) is 102 cm³/mol. The number of aryl methyl sites for hydroxylation is 1. The fourth-order valence-electron chi connectivity index (χ4n) is 3.22. The molecule has 0 amide bonds. The van der Waals surface area contributed by atoms with Crippen molar-refractivity contribution in [2.45, 2.75) is 59.0 Å². The third-order valence-corrected chi connectivity index (χ3v) is 5.42. The van der Waals surface area contributed by atoms with Crippen LogP contribution < -0.4 is 10.6 Å². The normalized spacial score (nSPS) is 20.7. The summed E-state index contributed by atoms with van der Waals surface area (Å²) in [6, 6.07) is 5.44. The minimum atomic E-state index is 0.386. The highest BCUT2D eigenvalue weighted by molar-refractivity contribution is 7.11. The zero-order chi connectivity index (χ0) is 16.7. The number of nitrogens with one attached hydrogen (secondary N) is 2. The SMILES string of the molecule is CCNC(=NCC1CCCN1CC)NC(C)Cc1ccc(C)s1. The first kappa shape index (κ1) is 18.3. The summed E-state index contributed by atoms with van der Waals surface area (Å²) >= 11 is 1.89. The zero-order valence-corrected chi connectivity index (χ0v) is 15.9. The highest BCUT2D eigenvalue weighted by Gasteiger charge is 2.22. The molecule has 4 nitrogen and oxygen atoms in total. The van der Waals surface area contributed by atoms with Gasteiger partial charge in [-0.05, 0) is 58.8 Å². The second-order valence-corrected chi connectivity index (χ2v) is 7.78. The van der Waals surface area contributed by atoms with E-state index in [0.717, 1.165) is 32.0 Å². The van der Waals surface area contributed by atoms with E-state index in [1.54, 1.807) is 0 Å². The van der Waals surface area contributed by atoms with Gasteiger partial charge in [0.25, 0.3) is 0 Å². The molecule has 2 N–H and O–H groups in total. The molecule has 23 heavy (non-hydrogen) atoms. The van der Waals surface area contributed by atoms with Crippen molar-refractivity contribution in [2.24, 2.45) is 4.99 Å². The Morgan fingerprint density at radius 2 is 2.26 bits per heavy atom. The average Bonchev–Trinajstić information content (AvgIpc) is 3.13. The molecule has 130 valence electrons.